The molecule has 30 heavy (non-hydrogen) atoms. The van der Waals surface area contributed by atoms with Crippen LogP contribution in [0, 0.1) is 0 Å². The summed E-state index contributed by atoms with van der Waals surface area (Å²) in [5.41, 5.74) is 1.19. The lowest BCUT2D eigenvalue weighted by Crippen LogP contribution is -2.42. The first-order valence-electron chi connectivity index (χ1n) is 11.2. The van der Waals surface area contributed by atoms with Gasteiger partial charge in [0.2, 0.25) is 5.91 Å². The van der Waals surface area contributed by atoms with E-state index in [1.165, 1.54) is 32.4 Å². The van der Waals surface area contributed by atoms with Crippen LogP contribution in [0.25, 0.3) is 0 Å². The molecule has 2 fully saturated rings. The van der Waals surface area contributed by atoms with Crippen LogP contribution in [-0.2, 0) is 10.2 Å². The highest BCUT2D eigenvalue weighted by Gasteiger charge is 2.42. The molecule has 1 aliphatic carbocycles. The highest BCUT2D eigenvalue weighted by molar-refractivity contribution is 6.31. The van der Waals surface area contributed by atoms with Crippen molar-refractivity contribution >= 4 is 23.2 Å². The zero-order valence-electron chi connectivity index (χ0n) is 17.5. The van der Waals surface area contributed by atoms with Crippen molar-refractivity contribution < 1.29 is 9.53 Å². The molecule has 1 amide bonds. The fourth-order valence-corrected chi connectivity index (χ4v) is 5.12. The highest BCUT2D eigenvalue weighted by Crippen LogP contribution is 2.43. The van der Waals surface area contributed by atoms with Crippen molar-refractivity contribution in [3.63, 3.8) is 0 Å². The third-order valence-electron chi connectivity index (χ3n) is 6.52. The minimum atomic E-state index is -0.554. The van der Waals surface area contributed by atoms with E-state index in [4.69, 9.17) is 16.3 Å². The van der Waals surface area contributed by atoms with Crippen molar-refractivity contribution in [1.29, 1.82) is 0 Å². The Balaban J connectivity index is 1.40. The fourth-order valence-electron chi connectivity index (χ4n) is 4.81. The number of benzene rings is 2. The molecular weight excluding hydrogens is 396 g/mol. The number of amides is 1. The van der Waals surface area contributed by atoms with Crippen molar-refractivity contribution in [2.75, 3.05) is 31.6 Å². The lowest BCUT2D eigenvalue weighted by Gasteiger charge is -2.37. The van der Waals surface area contributed by atoms with Crippen LogP contribution in [0.3, 0.4) is 0 Å². The number of anilines is 1. The molecule has 1 N–H and O–H groups in total. The molecule has 2 aliphatic rings. The summed E-state index contributed by atoms with van der Waals surface area (Å²) in [6.45, 7) is 4.03. The molecule has 4 nitrogen and oxygen atoms in total. The molecule has 1 saturated carbocycles. The van der Waals surface area contributed by atoms with Gasteiger partial charge in [0, 0.05) is 17.3 Å². The van der Waals surface area contributed by atoms with Crippen molar-refractivity contribution in [3.05, 3.63) is 59.1 Å². The molecule has 2 aromatic rings. The molecule has 2 aromatic carbocycles. The van der Waals surface area contributed by atoms with Gasteiger partial charge in [-0.1, -0.05) is 49.1 Å². The van der Waals surface area contributed by atoms with E-state index in [1.807, 2.05) is 48.5 Å². The molecule has 1 saturated heterocycles. The fraction of sp³-hybridized carbons (Fsp3) is 0.480. The summed E-state index contributed by atoms with van der Waals surface area (Å²) in [5, 5.41) is 3.82. The van der Waals surface area contributed by atoms with E-state index in [0.29, 0.717) is 11.6 Å². The number of ether oxygens (including phenoxy) is 1. The van der Waals surface area contributed by atoms with Gasteiger partial charge in [0.15, 0.2) is 0 Å². The number of hydrogen-bond acceptors (Lipinski definition) is 3. The van der Waals surface area contributed by atoms with Crippen LogP contribution in [0.1, 0.15) is 50.5 Å². The largest absolute Gasteiger partial charge is 0.492 e. The maximum atomic E-state index is 13.4. The Labute approximate surface area is 184 Å². The second-order valence-electron chi connectivity index (χ2n) is 8.50. The SMILES string of the molecule is O=C(Nc1ccc(OCCN2CCCC2)cc1)C1(c2ccccc2Cl)CCCCC1. The molecule has 0 radical (unpaired) electrons. The van der Waals surface area contributed by atoms with Gasteiger partial charge in [0.25, 0.3) is 0 Å². The van der Waals surface area contributed by atoms with Gasteiger partial charge < -0.3 is 10.1 Å². The van der Waals surface area contributed by atoms with E-state index in [0.717, 1.165) is 49.2 Å². The van der Waals surface area contributed by atoms with E-state index < -0.39 is 5.41 Å². The highest BCUT2D eigenvalue weighted by atomic mass is 35.5. The van der Waals surface area contributed by atoms with Gasteiger partial charge in [-0.15, -0.1) is 0 Å². The van der Waals surface area contributed by atoms with Crippen LogP contribution in [0.4, 0.5) is 5.69 Å². The summed E-state index contributed by atoms with van der Waals surface area (Å²) in [5.74, 6) is 0.878. The Morgan fingerprint density at radius 1 is 0.967 bits per heavy atom. The van der Waals surface area contributed by atoms with Crippen molar-refractivity contribution in [1.82, 2.24) is 4.90 Å². The number of nitrogens with zero attached hydrogens (tertiary/aromatic N) is 1. The quantitative estimate of drug-likeness (QED) is 0.621. The molecule has 0 atom stereocenters. The normalized spacial score (nSPS) is 18.8. The first-order valence-corrected chi connectivity index (χ1v) is 11.6. The third kappa shape index (κ3) is 4.81. The van der Waals surface area contributed by atoms with Crippen LogP contribution in [0.2, 0.25) is 5.02 Å². The molecule has 0 bridgehead atoms. The van der Waals surface area contributed by atoms with Crippen LogP contribution >= 0.6 is 11.6 Å². The van der Waals surface area contributed by atoms with Gasteiger partial charge in [-0.3, -0.25) is 9.69 Å². The summed E-state index contributed by atoms with van der Waals surface area (Å²) in [7, 11) is 0. The Morgan fingerprint density at radius 2 is 1.67 bits per heavy atom. The molecular formula is C25H31ClN2O2. The van der Waals surface area contributed by atoms with Crippen molar-refractivity contribution in [3.8, 4) is 5.75 Å². The predicted octanol–water partition coefficient (Wildman–Crippen LogP) is 5.66. The average molecular weight is 427 g/mol. The van der Waals surface area contributed by atoms with Crippen LogP contribution in [-0.4, -0.2) is 37.0 Å². The molecule has 4 rings (SSSR count). The number of nitrogens with one attached hydrogen (secondary N) is 1. The Bertz CT molecular complexity index is 840. The molecule has 0 unspecified atom stereocenters. The van der Waals surface area contributed by atoms with Gasteiger partial charge in [0.05, 0.1) is 5.41 Å². The molecule has 160 valence electrons. The van der Waals surface area contributed by atoms with E-state index in [9.17, 15) is 4.79 Å². The van der Waals surface area contributed by atoms with Crippen LogP contribution in [0.5, 0.6) is 5.75 Å². The van der Waals surface area contributed by atoms with Gasteiger partial charge in [-0.05, 0) is 74.7 Å². The first-order chi connectivity index (χ1) is 14.7. The molecule has 0 aromatic heterocycles. The second kappa shape index (κ2) is 9.84. The lowest BCUT2D eigenvalue weighted by molar-refractivity contribution is -0.122. The average Bonchev–Trinajstić information content (AvgIpc) is 3.29. The predicted molar refractivity (Wildman–Crippen MR) is 122 cm³/mol. The van der Waals surface area contributed by atoms with Gasteiger partial charge in [0.1, 0.15) is 12.4 Å². The molecule has 1 heterocycles. The zero-order valence-corrected chi connectivity index (χ0v) is 18.3. The minimum absolute atomic E-state index is 0.0398. The zero-order chi connectivity index (χ0) is 20.8. The smallest absolute Gasteiger partial charge is 0.235 e. The van der Waals surface area contributed by atoms with Gasteiger partial charge >= 0.3 is 0 Å². The van der Waals surface area contributed by atoms with E-state index >= 15 is 0 Å². The second-order valence-corrected chi connectivity index (χ2v) is 8.91. The molecule has 0 spiro atoms. The van der Waals surface area contributed by atoms with Gasteiger partial charge in [-0.2, -0.15) is 0 Å². The Hall–Kier alpha value is -2.04. The third-order valence-corrected chi connectivity index (χ3v) is 6.85. The summed E-state index contributed by atoms with van der Waals surface area (Å²) in [6.07, 6.45) is 7.52. The standard InChI is InChI=1S/C25H31ClN2O2/c26-23-9-3-2-8-22(23)25(14-4-1-5-15-25)24(29)27-20-10-12-21(13-11-20)30-19-18-28-16-6-7-17-28/h2-3,8-13H,1,4-7,14-19H2,(H,27,29). The van der Waals surface area contributed by atoms with Crippen molar-refractivity contribution in [2.45, 2.75) is 50.4 Å². The number of hydrogen-bond donors (Lipinski definition) is 1. The monoisotopic (exact) mass is 426 g/mol. The maximum Gasteiger partial charge on any atom is 0.235 e. The summed E-state index contributed by atoms with van der Waals surface area (Å²) < 4.78 is 5.88. The lowest BCUT2D eigenvalue weighted by atomic mass is 9.68. The molecule has 1 aliphatic heterocycles. The first kappa shape index (κ1) is 21.2. The summed E-state index contributed by atoms with van der Waals surface area (Å²) in [6, 6.07) is 15.5. The van der Waals surface area contributed by atoms with E-state index in [2.05, 4.69) is 10.2 Å². The van der Waals surface area contributed by atoms with Gasteiger partial charge in [-0.25, -0.2) is 0 Å². The minimum Gasteiger partial charge on any atom is -0.492 e. The number of halogens is 1. The maximum absolute atomic E-state index is 13.4. The summed E-state index contributed by atoms with van der Waals surface area (Å²) >= 11 is 6.51. The number of likely N-dealkylation sites (tertiary alicyclic amines) is 1. The molecule has 5 heteroatoms. The van der Waals surface area contributed by atoms with Crippen LogP contribution < -0.4 is 10.1 Å². The van der Waals surface area contributed by atoms with Crippen LogP contribution in [0.15, 0.2) is 48.5 Å². The Morgan fingerprint density at radius 3 is 2.37 bits per heavy atom. The number of carbonyl (C=O) groups excluding carboxylic acids is 1. The number of rotatable bonds is 7. The van der Waals surface area contributed by atoms with E-state index in [1.54, 1.807) is 0 Å². The Kier molecular flexibility index (Phi) is 6.96. The topological polar surface area (TPSA) is 41.6 Å². The summed E-state index contributed by atoms with van der Waals surface area (Å²) in [4.78, 5) is 15.9. The van der Waals surface area contributed by atoms with Crippen molar-refractivity contribution in [2.24, 2.45) is 0 Å². The van der Waals surface area contributed by atoms with E-state index in [-0.39, 0.29) is 5.91 Å². The number of carbonyl (C=O) groups is 1.